The smallest absolute Gasteiger partial charge is 0.318 e. The number of rotatable bonds is 3. The van der Waals surface area contributed by atoms with Gasteiger partial charge in [0.15, 0.2) is 5.82 Å². The number of benzene rings is 1. The van der Waals surface area contributed by atoms with Crippen molar-refractivity contribution in [3.63, 3.8) is 0 Å². The van der Waals surface area contributed by atoms with Gasteiger partial charge in [-0.2, -0.15) is 4.98 Å². The second kappa shape index (κ2) is 5.33. The Morgan fingerprint density at radius 1 is 1.23 bits per heavy atom. The van der Waals surface area contributed by atoms with Gasteiger partial charge in [0.25, 0.3) is 0 Å². The average Bonchev–Trinajstić information content (AvgIpc) is 2.91. The predicted octanol–water partition coefficient (Wildman–Crippen LogP) is 2.45. The summed E-state index contributed by atoms with van der Waals surface area (Å²) < 4.78 is 8.47. The van der Waals surface area contributed by atoms with Gasteiger partial charge >= 0.3 is 6.01 Å². The zero-order valence-corrected chi connectivity index (χ0v) is 13.3. The van der Waals surface area contributed by atoms with Crippen molar-refractivity contribution in [2.24, 2.45) is 5.73 Å². The van der Waals surface area contributed by atoms with Crippen LogP contribution in [0.4, 0.5) is 0 Å². The summed E-state index contributed by atoms with van der Waals surface area (Å²) in [6.07, 6.45) is 5.26. The number of hydrogen-bond donors (Lipinski definition) is 1. The molecule has 2 N–H and O–H groups in total. The number of para-hydroxylation sites is 2. The fourth-order valence-electron chi connectivity index (χ4n) is 2.55. The Kier molecular flexibility index (Phi) is 3.31. The fourth-order valence-corrected chi connectivity index (χ4v) is 2.93. The first-order valence-corrected chi connectivity index (χ1v) is 7.87. The van der Waals surface area contributed by atoms with Crippen molar-refractivity contribution in [1.82, 2.24) is 19.5 Å². The predicted molar refractivity (Wildman–Crippen MR) is 86.0 cm³/mol. The van der Waals surface area contributed by atoms with Crippen molar-refractivity contribution in [3.8, 4) is 11.8 Å². The van der Waals surface area contributed by atoms with Crippen LogP contribution in [-0.4, -0.2) is 31.7 Å². The summed E-state index contributed by atoms with van der Waals surface area (Å²) in [4.78, 5) is 13.1. The molecule has 1 aromatic carbocycles. The van der Waals surface area contributed by atoms with Crippen LogP contribution in [0.1, 0.15) is 12.8 Å². The summed E-state index contributed by atoms with van der Waals surface area (Å²) in [7, 11) is 0. The molecule has 1 fully saturated rings. The van der Waals surface area contributed by atoms with Gasteiger partial charge in [-0.3, -0.25) is 4.57 Å². The van der Waals surface area contributed by atoms with Crippen molar-refractivity contribution >= 4 is 27.0 Å². The topological polar surface area (TPSA) is 78.9 Å². The molecular weight excluding hydrogens is 346 g/mol. The number of imidazole rings is 1. The van der Waals surface area contributed by atoms with Crippen LogP contribution in [-0.2, 0) is 0 Å². The lowest BCUT2D eigenvalue weighted by atomic mass is 9.90. The maximum atomic E-state index is 5.78. The Balaban J connectivity index is 1.71. The van der Waals surface area contributed by atoms with Gasteiger partial charge in [-0.25, -0.2) is 9.97 Å². The molecular formula is C15H14BrN5O. The van der Waals surface area contributed by atoms with E-state index in [1.54, 1.807) is 12.5 Å². The van der Waals surface area contributed by atoms with Gasteiger partial charge in [0.1, 0.15) is 12.4 Å². The highest BCUT2D eigenvalue weighted by molar-refractivity contribution is 9.10. The van der Waals surface area contributed by atoms with Crippen molar-refractivity contribution in [1.29, 1.82) is 0 Å². The highest BCUT2D eigenvalue weighted by Crippen LogP contribution is 2.27. The van der Waals surface area contributed by atoms with E-state index in [4.69, 9.17) is 10.5 Å². The van der Waals surface area contributed by atoms with Gasteiger partial charge in [0.2, 0.25) is 0 Å². The number of fused-ring (bicyclic) bond motifs is 1. The Hall–Kier alpha value is -1.99. The molecule has 7 heteroatoms. The fraction of sp³-hybridized carbons (Fsp3) is 0.267. The second-order valence-electron chi connectivity index (χ2n) is 5.40. The largest absolute Gasteiger partial charge is 0.460 e. The SMILES string of the molecule is NC1CC(Oc2ncc(Br)c(-n3cnc4ccccc43)n2)C1. The van der Waals surface area contributed by atoms with Gasteiger partial charge in [0.05, 0.1) is 21.7 Å². The van der Waals surface area contributed by atoms with E-state index in [2.05, 4.69) is 30.9 Å². The molecule has 0 amide bonds. The van der Waals surface area contributed by atoms with Crippen LogP contribution in [0.15, 0.2) is 41.3 Å². The number of hydrogen-bond acceptors (Lipinski definition) is 5. The van der Waals surface area contributed by atoms with Crippen LogP contribution in [0.3, 0.4) is 0 Å². The molecule has 0 aliphatic heterocycles. The second-order valence-corrected chi connectivity index (χ2v) is 6.25. The van der Waals surface area contributed by atoms with E-state index in [1.807, 2.05) is 28.8 Å². The monoisotopic (exact) mass is 359 g/mol. The van der Waals surface area contributed by atoms with Crippen LogP contribution >= 0.6 is 15.9 Å². The van der Waals surface area contributed by atoms with E-state index in [0.29, 0.717) is 11.8 Å². The van der Waals surface area contributed by atoms with E-state index in [1.165, 1.54) is 0 Å². The molecule has 22 heavy (non-hydrogen) atoms. The van der Waals surface area contributed by atoms with Gasteiger partial charge in [-0.15, -0.1) is 0 Å². The minimum atomic E-state index is 0.114. The van der Waals surface area contributed by atoms with E-state index in [-0.39, 0.29) is 12.1 Å². The highest BCUT2D eigenvalue weighted by Gasteiger charge is 2.28. The molecule has 1 saturated carbocycles. The third kappa shape index (κ3) is 2.36. The number of aromatic nitrogens is 4. The Labute approximate surface area is 135 Å². The van der Waals surface area contributed by atoms with Crippen molar-refractivity contribution in [2.45, 2.75) is 25.0 Å². The molecule has 3 aromatic rings. The maximum Gasteiger partial charge on any atom is 0.318 e. The molecule has 6 nitrogen and oxygen atoms in total. The molecule has 0 atom stereocenters. The molecule has 2 aromatic heterocycles. The third-order valence-corrected chi connectivity index (χ3v) is 4.35. The maximum absolute atomic E-state index is 5.78. The molecule has 1 aliphatic rings. The average molecular weight is 360 g/mol. The minimum absolute atomic E-state index is 0.114. The van der Waals surface area contributed by atoms with Crippen LogP contribution in [0, 0.1) is 0 Å². The quantitative estimate of drug-likeness (QED) is 0.776. The lowest BCUT2D eigenvalue weighted by Crippen LogP contribution is -2.43. The summed E-state index contributed by atoms with van der Waals surface area (Å²) in [5, 5.41) is 0. The van der Waals surface area contributed by atoms with Crippen molar-refractivity contribution in [2.75, 3.05) is 0 Å². The van der Waals surface area contributed by atoms with Crippen molar-refractivity contribution in [3.05, 3.63) is 41.3 Å². The zero-order valence-electron chi connectivity index (χ0n) is 11.7. The number of nitrogens with zero attached hydrogens (tertiary/aromatic N) is 4. The first-order valence-electron chi connectivity index (χ1n) is 7.08. The van der Waals surface area contributed by atoms with Crippen LogP contribution in [0.25, 0.3) is 16.9 Å². The molecule has 112 valence electrons. The van der Waals surface area contributed by atoms with Gasteiger partial charge in [0, 0.05) is 6.04 Å². The molecule has 0 radical (unpaired) electrons. The summed E-state index contributed by atoms with van der Waals surface area (Å²) >= 11 is 3.50. The molecule has 0 bridgehead atoms. The summed E-state index contributed by atoms with van der Waals surface area (Å²) in [6, 6.07) is 8.51. The minimum Gasteiger partial charge on any atom is -0.460 e. The lowest BCUT2D eigenvalue weighted by molar-refractivity contribution is 0.0903. The summed E-state index contributed by atoms with van der Waals surface area (Å²) in [5.41, 5.74) is 7.68. The molecule has 4 rings (SSSR count). The molecule has 2 heterocycles. The zero-order chi connectivity index (χ0) is 15.1. The number of nitrogens with two attached hydrogens (primary N) is 1. The summed E-state index contributed by atoms with van der Waals surface area (Å²) in [6.45, 7) is 0. The standard InChI is InChI=1S/C15H14BrN5O/c16-11-7-18-15(22-10-5-9(17)6-10)20-14(11)21-8-19-12-3-1-2-4-13(12)21/h1-4,7-10H,5-6,17H2. The van der Waals surface area contributed by atoms with E-state index in [0.717, 1.165) is 28.3 Å². The number of ether oxygens (including phenoxy) is 1. The number of halogens is 1. The van der Waals surface area contributed by atoms with Crippen molar-refractivity contribution < 1.29 is 4.74 Å². The van der Waals surface area contributed by atoms with E-state index >= 15 is 0 Å². The lowest BCUT2D eigenvalue weighted by Gasteiger charge is -2.31. The molecule has 1 aliphatic carbocycles. The van der Waals surface area contributed by atoms with E-state index in [9.17, 15) is 0 Å². The van der Waals surface area contributed by atoms with Crippen LogP contribution in [0.2, 0.25) is 0 Å². The Morgan fingerprint density at radius 2 is 2.05 bits per heavy atom. The van der Waals surface area contributed by atoms with Gasteiger partial charge in [-0.05, 0) is 40.9 Å². The Morgan fingerprint density at radius 3 is 2.86 bits per heavy atom. The Bertz CT molecular complexity index is 828. The van der Waals surface area contributed by atoms with Gasteiger partial charge in [-0.1, -0.05) is 12.1 Å². The summed E-state index contributed by atoms with van der Waals surface area (Å²) in [5.74, 6) is 0.710. The third-order valence-electron chi connectivity index (χ3n) is 3.79. The van der Waals surface area contributed by atoms with E-state index < -0.39 is 0 Å². The first-order chi connectivity index (χ1) is 10.7. The molecule has 0 saturated heterocycles. The molecule has 0 spiro atoms. The van der Waals surface area contributed by atoms with Crippen LogP contribution in [0.5, 0.6) is 6.01 Å². The normalized spacial score (nSPS) is 20.8. The van der Waals surface area contributed by atoms with Crippen LogP contribution < -0.4 is 10.5 Å². The first kappa shape index (κ1) is 13.7. The highest BCUT2D eigenvalue weighted by atomic mass is 79.9. The molecule has 0 unspecified atom stereocenters. The van der Waals surface area contributed by atoms with Gasteiger partial charge < -0.3 is 10.5 Å².